The van der Waals surface area contributed by atoms with Gasteiger partial charge in [-0.3, -0.25) is 4.99 Å². The number of ether oxygens (including phenoxy) is 1. The number of nitrogens with one attached hydrogen (secondary N) is 1. The summed E-state index contributed by atoms with van der Waals surface area (Å²) in [6, 6.07) is 11.5. The third-order valence-corrected chi connectivity index (χ3v) is 7.39. The van der Waals surface area contributed by atoms with Gasteiger partial charge in [-0.1, -0.05) is 12.1 Å². The monoisotopic (exact) mass is 424 g/mol. The number of guanidine groups is 1. The Morgan fingerprint density at radius 2 is 1.82 bits per heavy atom. The summed E-state index contributed by atoms with van der Waals surface area (Å²) in [5.41, 5.74) is 1.14. The first-order valence-electron chi connectivity index (χ1n) is 8.92. The van der Waals surface area contributed by atoms with Gasteiger partial charge < -0.3 is 15.0 Å². The highest BCUT2D eigenvalue weighted by Crippen LogP contribution is 2.23. The van der Waals surface area contributed by atoms with E-state index in [1.165, 1.54) is 29.7 Å². The molecule has 154 valence electrons. The van der Waals surface area contributed by atoms with Gasteiger partial charge in [0.2, 0.25) is 0 Å². The van der Waals surface area contributed by atoms with Crippen LogP contribution in [0.5, 0.6) is 5.75 Å². The second-order valence-corrected chi connectivity index (χ2v) is 9.89. The zero-order chi connectivity index (χ0) is 20.7. The average molecular weight is 425 g/mol. The predicted molar refractivity (Wildman–Crippen MR) is 114 cm³/mol. The molecule has 28 heavy (non-hydrogen) atoms. The van der Waals surface area contributed by atoms with Crippen molar-refractivity contribution in [3.05, 3.63) is 46.8 Å². The molecule has 0 unspecified atom stereocenters. The van der Waals surface area contributed by atoms with Crippen LogP contribution >= 0.6 is 11.3 Å². The maximum Gasteiger partial charge on any atom is 0.252 e. The summed E-state index contributed by atoms with van der Waals surface area (Å²) in [7, 11) is 3.36. The first-order chi connectivity index (χ1) is 13.3. The quantitative estimate of drug-likeness (QED) is 0.521. The van der Waals surface area contributed by atoms with E-state index in [-0.39, 0.29) is 0 Å². The number of thiophene rings is 1. The molecule has 0 bridgehead atoms. The molecule has 1 heterocycles. The molecule has 0 saturated heterocycles. The van der Waals surface area contributed by atoms with Crippen LogP contribution in [0.2, 0.25) is 0 Å². The second kappa shape index (κ2) is 9.90. The van der Waals surface area contributed by atoms with E-state index in [9.17, 15) is 8.42 Å². The standard InChI is InChI=1S/C19H28N4O3S2/c1-6-26-16-9-7-15(8-10-16)14-23(5)19(20-2)21-13-17-11-12-18(27-17)28(24,25)22(3)4/h7-12H,6,13-14H2,1-5H3,(H,20,21). The van der Waals surface area contributed by atoms with E-state index in [0.29, 0.717) is 23.9 Å². The number of hydrogen-bond donors (Lipinski definition) is 1. The third kappa shape index (κ3) is 5.70. The van der Waals surface area contributed by atoms with Gasteiger partial charge in [0, 0.05) is 39.6 Å². The molecule has 0 saturated carbocycles. The Hall–Kier alpha value is -2.10. The zero-order valence-corrected chi connectivity index (χ0v) is 18.6. The van der Waals surface area contributed by atoms with Crippen LogP contribution < -0.4 is 10.1 Å². The van der Waals surface area contributed by atoms with Crippen molar-refractivity contribution in [1.29, 1.82) is 0 Å². The van der Waals surface area contributed by atoms with Crippen molar-refractivity contribution in [1.82, 2.24) is 14.5 Å². The van der Waals surface area contributed by atoms with Gasteiger partial charge in [0.15, 0.2) is 5.96 Å². The van der Waals surface area contributed by atoms with Gasteiger partial charge in [-0.2, -0.15) is 0 Å². The van der Waals surface area contributed by atoms with Gasteiger partial charge in [-0.25, -0.2) is 12.7 Å². The van der Waals surface area contributed by atoms with Crippen LogP contribution in [0.1, 0.15) is 17.4 Å². The van der Waals surface area contributed by atoms with E-state index < -0.39 is 10.0 Å². The van der Waals surface area contributed by atoms with Crippen LogP contribution in [-0.4, -0.2) is 58.4 Å². The molecule has 0 fully saturated rings. The van der Waals surface area contributed by atoms with Crippen molar-refractivity contribution in [3.63, 3.8) is 0 Å². The van der Waals surface area contributed by atoms with E-state index in [1.54, 1.807) is 13.1 Å². The molecule has 0 spiro atoms. The Morgan fingerprint density at radius 1 is 1.14 bits per heavy atom. The lowest BCUT2D eigenvalue weighted by molar-refractivity contribution is 0.340. The fraction of sp³-hybridized carbons (Fsp3) is 0.421. The minimum absolute atomic E-state index is 0.340. The highest BCUT2D eigenvalue weighted by atomic mass is 32.2. The molecule has 1 aromatic carbocycles. The molecule has 0 aliphatic carbocycles. The Morgan fingerprint density at radius 3 is 2.39 bits per heavy atom. The minimum Gasteiger partial charge on any atom is -0.494 e. The van der Waals surface area contributed by atoms with Gasteiger partial charge in [-0.05, 0) is 36.8 Å². The molecular weight excluding hydrogens is 396 g/mol. The molecule has 1 N–H and O–H groups in total. The predicted octanol–water partition coefficient (Wildman–Crippen LogP) is 2.60. The van der Waals surface area contributed by atoms with Crippen LogP contribution in [0.15, 0.2) is 45.6 Å². The highest BCUT2D eigenvalue weighted by Gasteiger charge is 2.19. The molecule has 9 heteroatoms. The van der Waals surface area contributed by atoms with Crippen molar-refractivity contribution in [2.24, 2.45) is 4.99 Å². The van der Waals surface area contributed by atoms with Crippen molar-refractivity contribution in [3.8, 4) is 5.75 Å². The fourth-order valence-corrected chi connectivity index (χ4v) is 4.99. The molecule has 0 atom stereocenters. The van der Waals surface area contributed by atoms with Gasteiger partial charge >= 0.3 is 0 Å². The number of rotatable bonds is 8. The summed E-state index contributed by atoms with van der Waals surface area (Å²) >= 11 is 1.26. The normalized spacial score (nSPS) is 12.3. The summed E-state index contributed by atoms with van der Waals surface area (Å²) in [6.45, 7) is 3.81. The summed E-state index contributed by atoms with van der Waals surface area (Å²) in [5, 5.41) is 3.28. The summed E-state index contributed by atoms with van der Waals surface area (Å²) in [4.78, 5) is 7.26. The zero-order valence-electron chi connectivity index (χ0n) is 17.0. The molecule has 7 nitrogen and oxygen atoms in total. The third-order valence-electron chi connectivity index (χ3n) is 4.02. The van der Waals surface area contributed by atoms with E-state index in [2.05, 4.69) is 10.3 Å². The maximum atomic E-state index is 12.2. The number of aliphatic imine (C=N–C) groups is 1. The van der Waals surface area contributed by atoms with E-state index >= 15 is 0 Å². The number of benzene rings is 1. The lowest BCUT2D eigenvalue weighted by Gasteiger charge is -2.22. The van der Waals surface area contributed by atoms with Gasteiger partial charge in [0.1, 0.15) is 9.96 Å². The number of hydrogen-bond acceptors (Lipinski definition) is 5. The molecule has 0 radical (unpaired) electrons. The Bertz CT molecular complexity index is 890. The smallest absolute Gasteiger partial charge is 0.252 e. The topological polar surface area (TPSA) is 74.2 Å². The SMILES string of the molecule is CCOc1ccc(CN(C)C(=NC)NCc2ccc(S(=O)(=O)N(C)C)s2)cc1. The maximum absolute atomic E-state index is 12.2. The Balaban J connectivity index is 1.96. The number of nitrogens with zero attached hydrogens (tertiary/aromatic N) is 3. The first kappa shape index (κ1) is 22.2. The van der Waals surface area contributed by atoms with Crippen LogP contribution in [0, 0.1) is 0 Å². The van der Waals surface area contributed by atoms with Crippen LogP contribution in [0.3, 0.4) is 0 Å². The molecule has 2 aromatic rings. The lowest BCUT2D eigenvalue weighted by atomic mass is 10.2. The minimum atomic E-state index is -3.39. The van der Waals surface area contributed by atoms with Crippen LogP contribution in [0.25, 0.3) is 0 Å². The molecular formula is C19H28N4O3S2. The molecule has 2 rings (SSSR count). The summed E-state index contributed by atoms with van der Waals surface area (Å²) < 4.78 is 31.4. The van der Waals surface area contributed by atoms with Crippen molar-refractivity contribution >= 4 is 27.3 Å². The molecule has 0 amide bonds. The summed E-state index contributed by atoms with van der Waals surface area (Å²) in [6.07, 6.45) is 0. The Labute approximate surface area is 171 Å². The molecule has 1 aromatic heterocycles. The van der Waals surface area contributed by atoms with Gasteiger partial charge in [-0.15, -0.1) is 11.3 Å². The van der Waals surface area contributed by atoms with Gasteiger partial charge in [0.05, 0.1) is 13.2 Å². The Kier molecular flexibility index (Phi) is 7.85. The first-order valence-corrected chi connectivity index (χ1v) is 11.2. The van der Waals surface area contributed by atoms with Crippen molar-refractivity contribution in [2.75, 3.05) is 34.8 Å². The van der Waals surface area contributed by atoms with Crippen LogP contribution in [-0.2, 0) is 23.1 Å². The number of sulfonamides is 1. The second-order valence-electron chi connectivity index (χ2n) is 6.34. The molecule has 0 aliphatic heterocycles. The fourth-order valence-electron chi connectivity index (χ4n) is 2.53. The average Bonchev–Trinajstić information content (AvgIpc) is 3.14. The largest absolute Gasteiger partial charge is 0.494 e. The summed E-state index contributed by atoms with van der Waals surface area (Å²) in [5.74, 6) is 1.59. The van der Waals surface area contributed by atoms with E-state index in [4.69, 9.17) is 4.74 Å². The van der Waals surface area contributed by atoms with Crippen molar-refractivity contribution in [2.45, 2.75) is 24.2 Å². The van der Waals surface area contributed by atoms with Crippen molar-refractivity contribution < 1.29 is 13.2 Å². The van der Waals surface area contributed by atoms with Crippen LogP contribution in [0.4, 0.5) is 0 Å². The highest BCUT2D eigenvalue weighted by molar-refractivity contribution is 7.91. The molecule has 0 aliphatic rings. The lowest BCUT2D eigenvalue weighted by Crippen LogP contribution is -2.37. The van der Waals surface area contributed by atoms with E-state index in [0.717, 1.165) is 22.1 Å². The van der Waals surface area contributed by atoms with Gasteiger partial charge in [0.25, 0.3) is 10.0 Å². The van der Waals surface area contributed by atoms with E-state index in [1.807, 2.05) is 49.2 Å².